The lowest BCUT2D eigenvalue weighted by Gasteiger charge is -2.42. The lowest BCUT2D eigenvalue weighted by Crippen LogP contribution is -2.44. The van der Waals surface area contributed by atoms with Crippen molar-refractivity contribution in [3.05, 3.63) is 47.5 Å². The molecule has 0 unspecified atom stereocenters. The Morgan fingerprint density at radius 3 is 1.84 bits per heavy atom. The molecule has 5 nitrogen and oxygen atoms in total. The second kappa shape index (κ2) is 11.0. The van der Waals surface area contributed by atoms with E-state index < -0.39 is 0 Å². The zero-order chi connectivity index (χ0) is 26.9. The molecule has 3 aromatic rings. The molecule has 2 aromatic carbocycles. The minimum atomic E-state index is -0.0530. The van der Waals surface area contributed by atoms with Crippen molar-refractivity contribution in [3.8, 4) is 11.4 Å². The summed E-state index contributed by atoms with van der Waals surface area (Å²) < 4.78 is 0. The maximum Gasteiger partial charge on any atom is 0.147 e. The van der Waals surface area contributed by atoms with Crippen LogP contribution in [0.15, 0.2) is 36.4 Å². The third kappa shape index (κ3) is 6.09. The largest absolute Gasteiger partial charge is 0.505 e. The van der Waals surface area contributed by atoms with Gasteiger partial charge in [0.1, 0.15) is 22.5 Å². The smallest absolute Gasteiger partial charge is 0.147 e. The van der Waals surface area contributed by atoms with Crippen molar-refractivity contribution in [1.29, 1.82) is 0 Å². The van der Waals surface area contributed by atoms with Crippen molar-refractivity contribution < 1.29 is 5.11 Å². The summed E-state index contributed by atoms with van der Waals surface area (Å²) in [5.41, 5.74) is 4.81. The van der Waals surface area contributed by atoms with Crippen molar-refractivity contribution in [2.45, 2.75) is 129 Å². The van der Waals surface area contributed by atoms with Crippen LogP contribution >= 0.6 is 0 Å². The Balaban J connectivity index is 1.59. The Kier molecular flexibility index (Phi) is 7.86. The summed E-state index contributed by atoms with van der Waals surface area (Å²) in [5, 5.41) is 21.4. The molecule has 0 amide bonds. The molecule has 38 heavy (non-hydrogen) atoms. The van der Waals surface area contributed by atoms with Crippen LogP contribution in [-0.4, -0.2) is 37.1 Å². The van der Waals surface area contributed by atoms with Gasteiger partial charge in [-0.15, -0.1) is 15.0 Å². The number of phenolic OH excluding ortho intramolecular Hbond substituents is 1. The van der Waals surface area contributed by atoms with Crippen molar-refractivity contribution in [2.75, 3.05) is 0 Å². The molecule has 2 saturated carbocycles. The van der Waals surface area contributed by atoms with Gasteiger partial charge in [-0.25, -0.2) is 0 Å². The average molecular weight is 517 g/mol. The van der Waals surface area contributed by atoms with Crippen LogP contribution in [0.5, 0.6) is 5.75 Å². The van der Waals surface area contributed by atoms with Crippen molar-refractivity contribution in [2.24, 2.45) is 5.41 Å². The topological polar surface area (TPSA) is 54.2 Å². The molecule has 1 N–H and O–H groups in total. The van der Waals surface area contributed by atoms with Crippen LogP contribution < -0.4 is 0 Å². The molecule has 2 aliphatic carbocycles. The molecule has 0 spiro atoms. The molecule has 2 fully saturated rings. The third-order valence-electron chi connectivity index (χ3n) is 8.86. The molecule has 0 aliphatic heterocycles. The van der Waals surface area contributed by atoms with Gasteiger partial charge in [-0.2, -0.15) is 0 Å². The SMILES string of the molecule is CC(C)(C)CC(C)(C)c1cc(CN(C2CCCCC2)C2CCCCC2)c(O)c(-n2nc3ccccc3n2)c1. The summed E-state index contributed by atoms with van der Waals surface area (Å²) in [6, 6.07) is 13.6. The van der Waals surface area contributed by atoms with Crippen LogP contribution in [0.4, 0.5) is 0 Å². The number of aromatic hydroxyl groups is 1. The van der Waals surface area contributed by atoms with Gasteiger partial charge >= 0.3 is 0 Å². The number of rotatable bonds is 7. The summed E-state index contributed by atoms with van der Waals surface area (Å²) >= 11 is 0. The van der Waals surface area contributed by atoms with Crippen LogP contribution in [0.25, 0.3) is 16.7 Å². The van der Waals surface area contributed by atoms with E-state index in [1.807, 2.05) is 24.3 Å². The maximum atomic E-state index is 11.8. The molecule has 2 aliphatic rings. The lowest BCUT2D eigenvalue weighted by molar-refractivity contribution is 0.0723. The van der Waals surface area contributed by atoms with Crippen LogP contribution in [-0.2, 0) is 12.0 Å². The molecule has 5 rings (SSSR count). The highest BCUT2D eigenvalue weighted by Crippen LogP contribution is 2.41. The molecule has 0 radical (unpaired) electrons. The predicted molar refractivity (Wildman–Crippen MR) is 157 cm³/mol. The van der Waals surface area contributed by atoms with Crippen LogP contribution in [0, 0.1) is 5.41 Å². The first kappa shape index (κ1) is 27.2. The zero-order valence-electron chi connectivity index (χ0n) is 24.3. The molecule has 1 heterocycles. The Labute approximate surface area is 229 Å². The summed E-state index contributed by atoms with van der Waals surface area (Å²) in [7, 11) is 0. The second-order valence-corrected chi connectivity index (χ2v) is 13.9. The van der Waals surface area contributed by atoms with Gasteiger partial charge in [-0.3, -0.25) is 4.90 Å². The minimum absolute atomic E-state index is 0.0530. The zero-order valence-corrected chi connectivity index (χ0v) is 24.3. The Morgan fingerprint density at radius 2 is 1.34 bits per heavy atom. The second-order valence-electron chi connectivity index (χ2n) is 13.9. The third-order valence-corrected chi connectivity index (χ3v) is 8.86. The first-order valence-corrected chi connectivity index (χ1v) is 15.1. The van der Waals surface area contributed by atoms with E-state index >= 15 is 0 Å². The van der Waals surface area contributed by atoms with E-state index in [-0.39, 0.29) is 10.8 Å². The monoisotopic (exact) mass is 516 g/mol. The molecule has 0 bridgehead atoms. The number of benzene rings is 2. The lowest BCUT2D eigenvalue weighted by atomic mass is 9.72. The maximum absolute atomic E-state index is 11.8. The van der Waals surface area contributed by atoms with E-state index in [4.69, 9.17) is 10.2 Å². The van der Waals surface area contributed by atoms with Crippen LogP contribution in [0.3, 0.4) is 0 Å². The Bertz CT molecular complexity index is 1170. The van der Waals surface area contributed by atoms with E-state index in [0.717, 1.165) is 29.6 Å². The molecular weight excluding hydrogens is 468 g/mol. The van der Waals surface area contributed by atoms with Gasteiger partial charge in [0.15, 0.2) is 0 Å². The molecule has 0 saturated heterocycles. The van der Waals surface area contributed by atoms with E-state index in [0.29, 0.717) is 23.5 Å². The summed E-state index contributed by atoms with van der Waals surface area (Å²) in [6.45, 7) is 12.4. The fourth-order valence-corrected chi connectivity index (χ4v) is 7.32. The van der Waals surface area contributed by atoms with E-state index in [9.17, 15) is 5.11 Å². The molecule has 0 atom stereocenters. The van der Waals surface area contributed by atoms with Crippen molar-refractivity contribution in [1.82, 2.24) is 19.9 Å². The Hall–Kier alpha value is -2.40. The molecule has 206 valence electrons. The van der Waals surface area contributed by atoms with Gasteiger partial charge in [0.25, 0.3) is 0 Å². The molecule has 5 heteroatoms. The summed E-state index contributed by atoms with van der Waals surface area (Å²) in [6.07, 6.45) is 14.2. The first-order valence-electron chi connectivity index (χ1n) is 15.1. The quantitative estimate of drug-likeness (QED) is 0.343. The fraction of sp³-hybridized carbons (Fsp3) is 0.636. The summed E-state index contributed by atoms with van der Waals surface area (Å²) in [5.74, 6) is 0.331. The normalized spacial score (nSPS) is 18.5. The van der Waals surface area contributed by atoms with Gasteiger partial charge < -0.3 is 5.11 Å². The van der Waals surface area contributed by atoms with E-state index in [1.165, 1.54) is 69.8 Å². The number of fused-ring (bicyclic) bond motifs is 1. The minimum Gasteiger partial charge on any atom is -0.505 e. The number of phenols is 1. The summed E-state index contributed by atoms with van der Waals surface area (Å²) in [4.78, 5) is 4.44. The number of hydrogen-bond acceptors (Lipinski definition) is 4. The van der Waals surface area contributed by atoms with Crippen molar-refractivity contribution in [3.63, 3.8) is 0 Å². The van der Waals surface area contributed by atoms with E-state index in [1.54, 1.807) is 4.80 Å². The van der Waals surface area contributed by atoms with Crippen LogP contribution in [0.2, 0.25) is 0 Å². The fourth-order valence-electron chi connectivity index (χ4n) is 7.32. The average Bonchev–Trinajstić information content (AvgIpc) is 3.32. The highest BCUT2D eigenvalue weighted by atomic mass is 16.3. The van der Waals surface area contributed by atoms with Crippen molar-refractivity contribution >= 4 is 11.0 Å². The van der Waals surface area contributed by atoms with Gasteiger partial charge in [0, 0.05) is 24.2 Å². The van der Waals surface area contributed by atoms with Crippen LogP contribution in [0.1, 0.15) is 116 Å². The standard InChI is InChI=1S/C33H48N4O/c1-32(2,3)23-33(4,5)25-20-24(22-36(26-14-8-6-9-15-26)27-16-10-7-11-17-27)31(38)30(21-25)37-34-28-18-12-13-19-29(28)35-37/h12-13,18-21,26-27,38H,6-11,14-17,22-23H2,1-5H3. The van der Waals surface area contributed by atoms with Gasteiger partial charge in [-0.05, 0) is 66.7 Å². The number of hydrogen-bond donors (Lipinski definition) is 1. The van der Waals surface area contributed by atoms with Gasteiger partial charge in [0.2, 0.25) is 0 Å². The first-order chi connectivity index (χ1) is 18.1. The highest BCUT2D eigenvalue weighted by molar-refractivity contribution is 5.73. The number of aromatic nitrogens is 3. The van der Waals surface area contributed by atoms with Gasteiger partial charge in [-0.1, -0.05) is 91.3 Å². The highest BCUT2D eigenvalue weighted by Gasteiger charge is 2.33. The number of nitrogens with zero attached hydrogens (tertiary/aromatic N) is 4. The Morgan fingerprint density at radius 1 is 0.816 bits per heavy atom. The molecular formula is C33H48N4O. The predicted octanol–water partition coefficient (Wildman–Crippen LogP) is 8.31. The molecule has 1 aromatic heterocycles. The van der Waals surface area contributed by atoms with E-state index in [2.05, 4.69) is 51.7 Å². The van der Waals surface area contributed by atoms with Gasteiger partial charge in [0.05, 0.1) is 0 Å².